The van der Waals surface area contributed by atoms with Gasteiger partial charge in [0.25, 0.3) is 0 Å². The van der Waals surface area contributed by atoms with Crippen LogP contribution in [0.1, 0.15) is 25.3 Å². The molecule has 0 unspecified atom stereocenters. The van der Waals surface area contributed by atoms with Gasteiger partial charge in [0.1, 0.15) is 0 Å². The molecule has 0 bridgehead atoms. The highest BCUT2D eigenvalue weighted by atomic mass is 32.1. The third-order valence-corrected chi connectivity index (χ3v) is 3.32. The standard InChI is InChI=1S/C16H25N3O2S/c1-3-4-5-13-6-8-14(9-7-13)19-16(22)18-12-15(20)17-10-11-21-2/h6-9H,3-5,10-12H2,1-2H3,(H,17,20)(H2,18,19,22). The number of thiocarbonyl (C=S) groups is 1. The van der Waals surface area contributed by atoms with Crippen molar-refractivity contribution in [3.8, 4) is 0 Å². The number of amides is 1. The molecular weight excluding hydrogens is 298 g/mol. The Morgan fingerprint density at radius 2 is 1.95 bits per heavy atom. The molecule has 0 radical (unpaired) electrons. The fraction of sp³-hybridized carbons (Fsp3) is 0.500. The Kier molecular flexibility index (Phi) is 9.18. The van der Waals surface area contributed by atoms with Crippen molar-refractivity contribution in [2.45, 2.75) is 26.2 Å². The molecule has 0 spiro atoms. The fourth-order valence-corrected chi connectivity index (χ4v) is 2.02. The average molecular weight is 323 g/mol. The maximum atomic E-state index is 11.5. The monoisotopic (exact) mass is 323 g/mol. The Hall–Kier alpha value is -1.66. The first-order chi connectivity index (χ1) is 10.7. The lowest BCUT2D eigenvalue weighted by Crippen LogP contribution is -2.39. The number of ether oxygens (including phenoxy) is 1. The van der Waals surface area contributed by atoms with Gasteiger partial charge in [0.05, 0.1) is 13.2 Å². The van der Waals surface area contributed by atoms with Gasteiger partial charge >= 0.3 is 0 Å². The summed E-state index contributed by atoms with van der Waals surface area (Å²) < 4.78 is 4.86. The summed E-state index contributed by atoms with van der Waals surface area (Å²) in [4.78, 5) is 11.5. The molecular formula is C16H25N3O2S. The highest BCUT2D eigenvalue weighted by Crippen LogP contribution is 2.11. The molecule has 22 heavy (non-hydrogen) atoms. The number of hydrogen-bond donors (Lipinski definition) is 3. The van der Waals surface area contributed by atoms with E-state index in [4.69, 9.17) is 17.0 Å². The van der Waals surface area contributed by atoms with E-state index in [0.29, 0.717) is 18.3 Å². The zero-order valence-electron chi connectivity index (χ0n) is 13.3. The van der Waals surface area contributed by atoms with Gasteiger partial charge in [0.2, 0.25) is 5.91 Å². The molecule has 6 heteroatoms. The number of carbonyl (C=O) groups excluding carboxylic acids is 1. The van der Waals surface area contributed by atoms with Crippen LogP contribution in [0.3, 0.4) is 0 Å². The van der Waals surface area contributed by atoms with Crippen LogP contribution < -0.4 is 16.0 Å². The molecule has 0 saturated carbocycles. The lowest BCUT2D eigenvalue weighted by Gasteiger charge is -2.11. The van der Waals surface area contributed by atoms with Crippen LogP contribution in [0.25, 0.3) is 0 Å². The van der Waals surface area contributed by atoms with Crippen LogP contribution >= 0.6 is 12.2 Å². The zero-order chi connectivity index (χ0) is 16.2. The molecule has 1 aromatic carbocycles. The molecule has 0 atom stereocenters. The van der Waals surface area contributed by atoms with E-state index in [9.17, 15) is 4.79 Å². The first kappa shape index (κ1) is 18.4. The number of unbranched alkanes of at least 4 members (excludes halogenated alkanes) is 1. The van der Waals surface area contributed by atoms with Crippen molar-refractivity contribution in [1.29, 1.82) is 0 Å². The number of carbonyl (C=O) groups is 1. The van der Waals surface area contributed by atoms with Gasteiger partial charge in [-0.15, -0.1) is 0 Å². The summed E-state index contributed by atoms with van der Waals surface area (Å²) in [5.74, 6) is -0.115. The van der Waals surface area contributed by atoms with Gasteiger partial charge in [-0.3, -0.25) is 4.79 Å². The molecule has 122 valence electrons. The third-order valence-electron chi connectivity index (χ3n) is 3.07. The van der Waals surface area contributed by atoms with Crippen molar-refractivity contribution >= 4 is 28.9 Å². The van der Waals surface area contributed by atoms with Crippen LogP contribution in [0.4, 0.5) is 5.69 Å². The van der Waals surface area contributed by atoms with E-state index >= 15 is 0 Å². The van der Waals surface area contributed by atoms with Gasteiger partial charge in [0.15, 0.2) is 5.11 Å². The largest absolute Gasteiger partial charge is 0.383 e. The first-order valence-corrected chi connectivity index (χ1v) is 7.96. The summed E-state index contributed by atoms with van der Waals surface area (Å²) in [5.41, 5.74) is 2.24. The van der Waals surface area contributed by atoms with Crippen molar-refractivity contribution in [2.24, 2.45) is 0 Å². The molecule has 1 aromatic rings. The SMILES string of the molecule is CCCCc1ccc(NC(=S)NCC(=O)NCCOC)cc1. The maximum absolute atomic E-state index is 11.5. The minimum absolute atomic E-state index is 0.115. The maximum Gasteiger partial charge on any atom is 0.239 e. The molecule has 0 fully saturated rings. The molecule has 0 aromatic heterocycles. The van der Waals surface area contributed by atoms with Gasteiger partial charge in [-0.25, -0.2) is 0 Å². The fourth-order valence-electron chi connectivity index (χ4n) is 1.83. The van der Waals surface area contributed by atoms with Crippen LogP contribution in [0.15, 0.2) is 24.3 Å². The van der Waals surface area contributed by atoms with Gasteiger partial charge in [0, 0.05) is 19.3 Å². The minimum Gasteiger partial charge on any atom is -0.383 e. The molecule has 0 heterocycles. The highest BCUT2D eigenvalue weighted by Gasteiger charge is 2.02. The summed E-state index contributed by atoms with van der Waals surface area (Å²) in [6.07, 6.45) is 3.49. The van der Waals surface area contributed by atoms with Gasteiger partial charge in [-0.1, -0.05) is 25.5 Å². The summed E-state index contributed by atoms with van der Waals surface area (Å²) in [6.45, 7) is 3.32. The van der Waals surface area contributed by atoms with Crippen molar-refractivity contribution in [3.05, 3.63) is 29.8 Å². The summed E-state index contributed by atoms with van der Waals surface area (Å²) in [5, 5.41) is 9.09. The van der Waals surface area contributed by atoms with Crippen LogP contribution in [0.2, 0.25) is 0 Å². The molecule has 3 N–H and O–H groups in total. The van der Waals surface area contributed by atoms with Crippen LogP contribution in [0.5, 0.6) is 0 Å². The van der Waals surface area contributed by atoms with Crippen LogP contribution in [-0.2, 0) is 16.0 Å². The van der Waals surface area contributed by atoms with Crippen molar-refractivity contribution < 1.29 is 9.53 Å². The highest BCUT2D eigenvalue weighted by molar-refractivity contribution is 7.80. The van der Waals surface area contributed by atoms with E-state index in [1.54, 1.807) is 7.11 Å². The summed E-state index contributed by atoms with van der Waals surface area (Å²) in [7, 11) is 1.59. The Morgan fingerprint density at radius 1 is 1.23 bits per heavy atom. The first-order valence-electron chi connectivity index (χ1n) is 7.55. The van der Waals surface area contributed by atoms with E-state index in [-0.39, 0.29) is 12.5 Å². The number of rotatable bonds is 9. The Bertz CT molecular complexity index is 463. The third kappa shape index (κ3) is 7.95. The van der Waals surface area contributed by atoms with E-state index in [0.717, 1.165) is 12.1 Å². The summed E-state index contributed by atoms with van der Waals surface area (Å²) in [6, 6.07) is 8.19. The molecule has 0 aliphatic heterocycles. The van der Waals surface area contributed by atoms with Gasteiger partial charge in [-0.05, 0) is 42.8 Å². The van der Waals surface area contributed by atoms with Gasteiger partial charge < -0.3 is 20.7 Å². The number of aryl methyl sites for hydroxylation is 1. The van der Waals surface area contributed by atoms with Crippen LogP contribution in [-0.4, -0.2) is 37.8 Å². The zero-order valence-corrected chi connectivity index (χ0v) is 14.1. The van der Waals surface area contributed by atoms with Crippen molar-refractivity contribution in [2.75, 3.05) is 32.1 Å². The van der Waals surface area contributed by atoms with E-state index in [1.807, 2.05) is 12.1 Å². The lowest BCUT2D eigenvalue weighted by atomic mass is 10.1. The lowest BCUT2D eigenvalue weighted by molar-refractivity contribution is -0.120. The Balaban J connectivity index is 2.28. The second-order valence-corrected chi connectivity index (χ2v) is 5.36. The molecule has 5 nitrogen and oxygen atoms in total. The Morgan fingerprint density at radius 3 is 2.59 bits per heavy atom. The van der Waals surface area contributed by atoms with Crippen molar-refractivity contribution in [3.63, 3.8) is 0 Å². The minimum atomic E-state index is -0.115. The number of hydrogen-bond acceptors (Lipinski definition) is 3. The smallest absolute Gasteiger partial charge is 0.239 e. The molecule has 0 aliphatic carbocycles. The predicted molar refractivity (Wildman–Crippen MR) is 94.2 cm³/mol. The summed E-state index contributed by atoms with van der Waals surface area (Å²) >= 11 is 5.17. The quantitative estimate of drug-likeness (QED) is 0.480. The van der Waals surface area contributed by atoms with E-state index in [1.165, 1.54) is 18.4 Å². The van der Waals surface area contributed by atoms with Crippen LogP contribution in [0, 0.1) is 0 Å². The second-order valence-electron chi connectivity index (χ2n) is 4.95. The normalized spacial score (nSPS) is 10.1. The van der Waals surface area contributed by atoms with E-state index in [2.05, 4.69) is 35.0 Å². The number of methoxy groups -OCH3 is 1. The second kappa shape index (κ2) is 11.0. The average Bonchev–Trinajstić information content (AvgIpc) is 2.52. The van der Waals surface area contributed by atoms with E-state index < -0.39 is 0 Å². The topological polar surface area (TPSA) is 62.4 Å². The number of anilines is 1. The number of benzene rings is 1. The number of nitrogens with one attached hydrogen (secondary N) is 3. The molecule has 0 saturated heterocycles. The molecule has 0 aliphatic rings. The molecule has 1 amide bonds. The Labute approximate surface area is 137 Å². The predicted octanol–water partition coefficient (Wildman–Crippen LogP) is 2.08. The molecule has 1 rings (SSSR count). The van der Waals surface area contributed by atoms with Crippen molar-refractivity contribution in [1.82, 2.24) is 10.6 Å². The van der Waals surface area contributed by atoms with Gasteiger partial charge in [-0.2, -0.15) is 0 Å².